The maximum Gasteiger partial charge on any atom is 0.264 e. The number of hydrazine groups is 1. The zero-order valence-electron chi connectivity index (χ0n) is 9.11. The number of nitrogen functional groups attached to an aromatic ring is 1. The maximum atomic E-state index is 11.9. The SMILES string of the molecule is NNc1ncc(S(=O)(=O)Nc2ccncc2)cn1. The van der Waals surface area contributed by atoms with Crippen LogP contribution in [0.1, 0.15) is 0 Å². The Morgan fingerprint density at radius 2 is 1.72 bits per heavy atom. The predicted molar refractivity (Wildman–Crippen MR) is 64.9 cm³/mol. The van der Waals surface area contributed by atoms with E-state index in [1.54, 1.807) is 0 Å². The normalized spacial score (nSPS) is 10.9. The van der Waals surface area contributed by atoms with Crippen LogP contribution in [0.25, 0.3) is 0 Å². The molecular weight excluding hydrogens is 256 g/mol. The molecule has 4 N–H and O–H groups in total. The molecule has 0 spiro atoms. The second kappa shape index (κ2) is 4.94. The van der Waals surface area contributed by atoms with Gasteiger partial charge in [-0.25, -0.2) is 24.2 Å². The lowest BCUT2D eigenvalue weighted by Gasteiger charge is -2.07. The van der Waals surface area contributed by atoms with E-state index in [0.717, 1.165) is 12.4 Å². The fourth-order valence-electron chi connectivity index (χ4n) is 1.16. The average Bonchev–Trinajstić information content (AvgIpc) is 2.39. The summed E-state index contributed by atoms with van der Waals surface area (Å²) in [6, 6.07) is 3.07. The molecule has 0 unspecified atom stereocenters. The van der Waals surface area contributed by atoms with Gasteiger partial charge in [-0.05, 0) is 12.1 Å². The van der Waals surface area contributed by atoms with E-state index >= 15 is 0 Å². The van der Waals surface area contributed by atoms with Crippen molar-refractivity contribution in [1.29, 1.82) is 0 Å². The first-order valence-corrected chi connectivity index (χ1v) is 6.31. The number of nitrogens with one attached hydrogen (secondary N) is 2. The van der Waals surface area contributed by atoms with Crippen molar-refractivity contribution in [2.75, 3.05) is 10.1 Å². The number of nitrogens with zero attached hydrogens (tertiary/aromatic N) is 3. The number of rotatable bonds is 4. The first-order valence-electron chi connectivity index (χ1n) is 4.83. The van der Waals surface area contributed by atoms with Gasteiger partial charge in [0.15, 0.2) is 0 Å². The van der Waals surface area contributed by atoms with Crippen molar-refractivity contribution in [1.82, 2.24) is 15.0 Å². The molecule has 9 heteroatoms. The molecule has 0 aliphatic rings. The molecule has 94 valence electrons. The van der Waals surface area contributed by atoms with Gasteiger partial charge < -0.3 is 0 Å². The molecule has 0 amide bonds. The van der Waals surface area contributed by atoms with Crippen LogP contribution in [0, 0.1) is 0 Å². The summed E-state index contributed by atoms with van der Waals surface area (Å²) in [5, 5.41) is 0. The van der Waals surface area contributed by atoms with Crippen molar-refractivity contribution in [2.45, 2.75) is 4.90 Å². The minimum absolute atomic E-state index is 0.0571. The highest BCUT2D eigenvalue weighted by Crippen LogP contribution is 2.13. The Morgan fingerprint density at radius 1 is 1.11 bits per heavy atom. The Balaban J connectivity index is 2.25. The van der Waals surface area contributed by atoms with Crippen molar-refractivity contribution in [3.63, 3.8) is 0 Å². The molecule has 0 bridgehead atoms. The lowest BCUT2D eigenvalue weighted by Crippen LogP contribution is -2.15. The number of sulfonamides is 1. The molecule has 18 heavy (non-hydrogen) atoms. The van der Waals surface area contributed by atoms with Gasteiger partial charge in [0.2, 0.25) is 5.95 Å². The van der Waals surface area contributed by atoms with E-state index in [-0.39, 0.29) is 10.8 Å². The molecule has 8 nitrogen and oxygen atoms in total. The Hall–Kier alpha value is -2.26. The summed E-state index contributed by atoms with van der Waals surface area (Å²) in [5.74, 6) is 5.22. The van der Waals surface area contributed by atoms with Crippen LogP contribution in [0.3, 0.4) is 0 Å². The molecule has 2 heterocycles. The van der Waals surface area contributed by atoms with Crippen LogP contribution >= 0.6 is 0 Å². The molecular formula is C9H10N6O2S. The van der Waals surface area contributed by atoms with E-state index in [9.17, 15) is 8.42 Å². The smallest absolute Gasteiger partial charge is 0.264 e. The summed E-state index contributed by atoms with van der Waals surface area (Å²) in [5.41, 5.74) is 2.62. The highest BCUT2D eigenvalue weighted by Gasteiger charge is 2.15. The van der Waals surface area contributed by atoms with Crippen LogP contribution in [0.2, 0.25) is 0 Å². The number of hydrogen-bond donors (Lipinski definition) is 3. The summed E-state index contributed by atoms with van der Waals surface area (Å²) in [6.07, 6.45) is 5.28. The largest absolute Gasteiger partial charge is 0.292 e. The van der Waals surface area contributed by atoms with E-state index in [4.69, 9.17) is 5.84 Å². The zero-order valence-corrected chi connectivity index (χ0v) is 9.92. The quantitative estimate of drug-likeness (QED) is 0.524. The van der Waals surface area contributed by atoms with Crippen LogP contribution in [0.4, 0.5) is 11.6 Å². The fraction of sp³-hybridized carbons (Fsp3) is 0. The number of aromatic nitrogens is 3. The molecule has 0 fully saturated rings. The summed E-state index contributed by atoms with van der Waals surface area (Å²) >= 11 is 0. The van der Waals surface area contributed by atoms with E-state index in [1.165, 1.54) is 24.5 Å². The zero-order chi connectivity index (χ0) is 13.0. The van der Waals surface area contributed by atoms with Gasteiger partial charge in [0.05, 0.1) is 18.1 Å². The van der Waals surface area contributed by atoms with Crippen LogP contribution in [0.15, 0.2) is 41.8 Å². The van der Waals surface area contributed by atoms with Gasteiger partial charge in [0.1, 0.15) is 4.90 Å². The Morgan fingerprint density at radius 3 is 2.28 bits per heavy atom. The molecule has 0 saturated carbocycles. The highest BCUT2D eigenvalue weighted by atomic mass is 32.2. The molecule has 0 aliphatic carbocycles. The number of hydrogen-bond acceptors (Lipinski definition) is 7. The molecule has 2 aromatic heterocycles. The molecule has 2 rings (SSSR count). The van der Waals surface area contributed by atoms with E-state index < -0.39 is 10.0 Å². The maximum absolute atomic E-state index is 11.9. The number of nitrogens with two attached hydrogens (primary N) is 1. The topological polar surface area (TPSA) is 123 Å². The van der Waals surface area contributed by atoms with E-state index in [1.807, 2.05) is 0 Å². The van der Waals surface area contributed by atoms with E-state index in [0.29, 0.717) is 5.69 Å². The molecule has 2 aromatic rings. The van der Waals surface area contributed by atoms with Gasteiger partial charge in [-0.2, -0.15) is 0 Å². The molecule has 0 atom stereocenters. The van der Waals surface area contributed by atoms with Crippen LogP contribution < -0.4 is 16.0 Å². The molecule has 0 aliphatic heterocycles. The molecule has 0 saturated heterocycles. The lowest BCUT2D eigenvalue weighted by molar-refractivity contribution is 0.600. The van der Waals surface area contributed by atoms with Gasteiger partial charge in [-0.15, -0.1) is 0 Å². The third kappa shape index (κ3) is 2.70. The minimum atomic E-state index is -3.71. The Kier molecular flexibility index (Phi) is 3.35. The second-order valence-electron chi connectivity index (χ2n) is 3.23. The number of anilines is 2. The summed E-state index contributed by atoms with van der Waals surface area (Å²) in [4.78, 5) is 11.2. The van der Waals surface area contributed by atoms with Crippen LogP contribution in [-0.4, -0.2) is 23.4 Å². The van der Waals surface area contributed by atoms with E-state index in [2.05, 4.69) is 25.1 Å². The average molecular weight is 266 g/mol. The van der Waals surface area contributed by atoms with Crippen molar-refractivity contribution in [3.05, 3.63) is 36.9 Å². The van der Waals surface area contributed by atoms with Crippen molar-refractivity contribution in [3.8, 4) is 0 Å². The standard InChI is InChI=1S/C9H10N6O2S/c10-14-9-12-5-8(6-13-9)18(16,17)15-7-1-3-11-4-2-7/h1-6H,10H2,(H,11,15)(H,12,13,14). The van der Waals surface area contributed by atoms with Gasteiger partial charge >= 0.3 is 0 Å². The van der Waals surface area contributed by atoms with Crippen LogP contribution in [-0.2, 0) is 10.0 Å². The second-order valence-corrected chi connectivity index (χ2v) is 4.91. The Labute approximate surface area is 103 Å². The lowest BCUT2D eigenvalue weighted by atomic mass is 10.4. The highest BCUT2D eigenvalue weighted by molar-refractivity contribution is 7.92. The van der Waals surface area contributed by atoms with Gasteiger partial charge in [-0.1, -0.05) is 0 Å². The fourth-order valence-corrected chi connectivity index (χ4v) is 2.11. The number of pyridine rings is 1. The predicted octanol–water partition coefficient (Wildman–Crippen LogP) is -0.0420. The summed E-state index contributed by atoms with van der Waals surface area (Å²) < 4.78 is 26.2. The Bertz CT molecular complexity index is 613. The van der Waals surface area contributed by atoms with Gasteiger partial charge in [-0.3, -0.25) is 15.1 Å². The third-order valence-electron chi connectivity index (χ3n) is 2.00. The first-order chi connectivity index (χ1) is 8.62. The summed E-state index contributed by atoms with van der Waals surface area (Å²) in [6.45, 7) is 0. The molecule has 0 aromatic carbocycles. The van der Waals surface area contributed by atoms with Crippen molar-refractivity contribution >= 4 is 21.7 Å². The molecule has 0 radical (unpaired) electrons. The van der Waals surface area contributed by atoms with Gasteiger partial charge in [0.25, 0.3) is 10.0 Å². The van der Waals surface area contributed by atoms with Crippen molar-refractivity contribution in [2.24, 2.45) is 5.84 Å². The third-order valence-corrected chi connectivity index (χ3v) is 3.34. The van der Waals surface area contributed by atoms with Gasteiger partial charge in [0, 0.05) is 12.4 Å². The minimum Gasteiger partial charge on any atom is -0.292 e. The first kappa shape index (κ1) is 12.2. The van der Waals surface area contributed by atoms with Crippen molar-refractivity contribution < 1.29 is 8.42 Å². The van der Waals surface area contributed by atoms with Crippen LogP contribution in [0.5, 0.6) is 0 Å². The summed E-state index contributed by atoms with van der Waals surface area (Å²) in [7, 11) is -3.71. The monoisotopic (exact) mass is 266 g/mol.